The Kier molecular flexibility index (Phi) is 4.28. The van der Waals surface area contributed by atoms with Crippen LogP contribution in [0.15, 0.2) is 35.0 Å². The first-order chi connectivity index (χ1) is 11.6. The lowest BCUT2D eigenvalue weighted by atomic mass is 10.1. The van der Waals surface area contributed by atoms with Crippen LogP contribution in [-0.4, -0.2) is 33.0 Å². The molecule has 3 rings (SSSR count). The number of hydrogen-bond donors (Lipinski definition) is 0. The highest BCUT2D eigenvalue weighted by Gasteiger charge is 2.18. The predicted octanol–water partition coefficient (Wildman–Crippen LogP) is 2.14. The second-order valence-electron chi connectivity index (χ2n) is 5.05. The highest BCUT2D eigenvalue weighted by molar-refractivity contribution is 5.87. The summed E-state index contributed by atoms with van der Waals surface area (Å²) in [6.45, 7) is 2.00. The Hall–Kier alpha value is -3.16. The second-order valence-corrected chi connectivity index (χ2v) is 5.05. The van der Waals surface area contributed by atoms with Crippen LogP contribution in [-0.2, 0) is 18.4 Å². The van der Waals surface area contributed by atoms with Gasteiger partial charge in [0.25, 0.3) is 0 Å². The molecule has 0 aliphatic carbocycles. The van der Waals surface area contributed by atoms with Crippen LogP contribution in [0.2, 0.25) is 0 Å². The minimum atomic E-state index is -0.477. The zero-order valence-corrected chi connectivity index (χ0v) is 13.5. The molecule has 0 N–H and O–H groups in total. The third-order valence-corrected chi connectivity index (χ3v) is 3.51. The standard InChI is InChI=1S/C16H16N4O4/c1-10-11(15(19-24-10)12-6-4-5-7-17-12)9-23-14-8-13(16(21)22-3)20(2)18-14/h4-8H,9H2,1-3H3. The van der Waals surface area contributed by atoms with Crippen LogP contribution < -0.4 is 4.74 Å². The van der Waals surface area contributed by atoms with Crippen LogP contribution >= 0.6 is 0 Å². The van der Waals surface area contributed by atoms with Gasteiger partial charge in [-0.15, -0.1) is 5.10 Å². The number of carbonyl (C=O) groups excluding carboxylic acids is 1. The number of esters is 1. The van der Waals surface area contributed by atoms with Gasteiger partial charge in [0.05, 0.1) is 18.4 Å². The van der Waals surface area contributed by atoms with E-state index < -0.39 is 5.97 Å². The molecular weight excluding hydrogens is 312 g/mol. The Balaban J connectivity index is 1.81. The van der Waals surface area contributed by atoms with E-state index in [0.29, 0.717) is 28.7 Å². The monoisotopic (exact) mass is 328 g/mol. The van der Waals surface area contributed by atoms with Crippen molar-refractivity contribution >= 4 is 5.97 Å². The summed E-state index contributed by atoms with van der Waals surface area (Å²) in [6.07, 6.45) is 1.69. The van der Waals surface area contributed by atoms with Crippen LogP contribution in [0.3, 0.4) is 0 Å². The van der Waals surface area contributed by atoms with Gasteiger partial charge in [0, 0.05) is 19.3 Å². The first kappa shape index (κ1) is 15.7. The summed E-state index contributed by atoms with van der Waals surface area (Å²) in [5, 5.41) is 8.18. The summed E-state index contributed by atoms with van der Waals surface area (Å²) in [4.78, 5) is 15.9. The smallest absolute Gasteiger partial charge is 0.356 e. The number of aromatic nitrogens is 4. The van der Waals surface area contributed by atoms with Gasteiger partial charge in [-0.25, -0.2) is 4.79 Å². The largest absolute Gasteiger partial charge is 0.471 e. The summed E-state index contributed by atoms with van der Waals surface area (Å²) >= 11 is 0. The molecule has 8 nitrogen and oxygen atoms in total. The third kappa shape index (κ3) is 2.98. The number of carbonyl (C=O) groups is 1. The molecule has 0 aliphatic rings. The quantitative estimate of drug-likeness (QED) is 0.662. The number of hydrogen-bond acceptors (Lipinski definition) is 7. The van der Waals surface area contributed by atoms with Crippen LogP contribution in [0, 0.1) is 6.92 Å². The van der Waals surface area contributed by atoms with Gasteiger partial charge >= 0.3 is 5.97 Å². The van der Waals surface area contributed by atoms with Gasteiger partial charge in [-0.05, 0) is 19.1 Å². The van der Waals surface area contributed by atoms with Crippen molar-refractivity contribution in [2.24, 2.45) is 7.05 Å². The van der Waals surface area contributed by atoms with E-state index in [4.69, 9.17) is 9.26 Å². The van der Waals surface area contributed by atoms with Crippen molar-refractivity contribution < 1.29 is 18.8 Å². The number of aryl methyl sites for hydroxylation is 2. The Morgan fingerprint density at radius 1 is 1.38 bits per heavy atom. The van der Waals surface area contributed by atoms with Crippen molar-refractivity contribution in [3.05, 3.63) is 47.5 Å². The van der Waals surface area contributed by atoms with Gasteiger partial charge in [0.15, 0.2) is 0 Å². The molecule has 24 heavy (non-hydrogen) atoms. The van der Waals surface area contributed by atoms with Crippen molar-refractivity contribution in [2.75, 3.05) is 7.11 Å². The number of rotatable bonds is 5. The average Bonchev–Trinajstić information content (AvgIpc) is 3.15. The second kappa shape index (κ2) is 6.53. The molecule has 0 atom stereocenters. The lowest BCUT2D eigenvalue weighted by molar-refractivity contribution is 0.0588. The predicted molar refractivity (Wildman–Crippen MR) is 83.4 cm³/mol. The minimum absolute atomic E-state index is 0.193. The molecule has 0 amide bonds. The molecule has 3 heterocycles. The lowest BCUT2D eigenvalue weighted by Gasteiger charge is -2.03. The van der Waals surface area contributed by atoms with E-state index in [1.807, 2.05) is 18.2 Å². The van der Waals surface area contributed by atoms with Crippen LogP contribution in [0.25, 0.3) is 11.4 Å². The van der Waals surface area contributed by atoms with Gasteiger partial charge in [-0.2, -0.15) is 0 Å². The molecule has 3 aromatic rings. The van der Waals surface area contributed by atoms with Crippen molar-refractivity contribution in [3.63, 3.8) is 0 Å². The average molecular weight is 328 g/mol. The molecule has 0 bridgehead atoms. The highest BCUT2D eigenvalue weighted by Crippen LogP contribution is 2.25. The maximum absolute atomic E-state index is 11.6. The molecule has 0 saturated carbocycles. The topological polar surface area (TPSA) is 92.3 Å². The van der Waals surface area contributed by atoms with E-state index >= 15 is 0 Å². The van der Waals surface area contributed by atoms with E-state index in [1.165, 1.54) is 17.9 Å². The van der Waals surface area contributed by atoms with E-state index in [1.54, 1.807) is 20.2 Å². The number of ether oxygens (including phenoxy) is 2. The molecule has 0 radical (unpaired) electrons. The molecule has 0 aromatic carbocycles. The van der Waals surface area contributed by atoms with Crippen molar-refractivity contribution in [1.29, 1.82) is 0 Å². The summed E-state index contributed by atoms with van der Waals surface area (Å²) in [5.41, 5.74) is 2.40. The maximum Gasteiger partial charge on any atom is 0.356 e. The Bertz CT molecular complexity index is 854. The number of nitrogens with zero attached hydrogens (tertiary/aromatic N) is 4. The van der Waals surface area contributed by atoms with E-state index in [-0.39, 0.29) is 6.61 Å². The van der Waals surface area contributed by atoms with Crippen LogP contribution in [0.4, 0.5) is 0 Å². The van der Waals surface area contributed by atoms with E-state index in [0.717, 1.165) is 5.56 Å². The molecule has 3 aromatic heterocycles. The number of pyridine rings is 1. The highest BCUT2D eigenvalue weighted by atomic mass is 16.5. The molecule has 8 heteroatoms. The molecular formula is C16H16N4O4. The Labute approximate surface area is 138 Å². The normalized spacial score (nSPS) is 10.6. The zero-order chi connectivity index (χ0) is 17.1. The molecule has 0 spiro atoms. The van der Waals surface area contributed by atoms with Crippen molar-refractivity contribution in [1.82, 2.24) is 19.9 Å². The van der Waals surface area contributed by atoms with E-state index in [2.05, 4.69) is 20.0 Å². The van der Waals surface area contributed by atoms with Gasteiger partial charge in [0.1, 0.15) is 23.8 Å². The van der Waals surface area contributed by atoms with Crippen molar-refractivity contribution in [3.8, 4) is 17.3 Å². The Morgan fingerprint density at radius 2 is 2.21 bits per heavy atom. The molecule has 0 saturated heterocycles. The fraction of sp³-hybridized carbons (Fsp3) is 0.250. The number of methoxy groups -OCH3 is 1. The first-order valence-corrected chi connectivity index (χ1v) is 7.22. The summed E-state index contributed by atoms with van der Waals surface area (Å²) < 4.78 is 17.0. The fourth-order valence-electron chi connectivity index (χ4n) is 2.22. The first-order valence-electron chi connectivity index (χ1n) is 7.22. The summed E-state index contributed by atoms with van der Waals surface area (Å²) in [7, 11) is 2.96. The zero-order valence-electron chi connectivity index (χ0n) is 13.5. The van der Waals surface area contributed by atoms with E-state index in [9.17, 15) is 4.79 Å². The van der Waals surface area contributed by atoms with Crippen LogP contribution in [0.1, 0.15) is 21.8 Å². The molecule has 0 aliphatic heterocycles. The minimum Gasteiger partial charge on any atom is -0.471 e. The van der Waals surface area contributed by atoms with Gasteiger partial charge < -0.3 is 14.0 Å². The SMILES string of the molecule is COC(=O)c1cc(OCc2c(-c3ccccn3)noc2C)nn1C. The van der Waals surface area contributed by atoms with Gasteiger partial charge in [-0.1, -0.05) is 11.2 Å². The van der Waals surface area contributed by atoms with Gasteiger partial charge in [0.2, 0.25) is 5.88 Å². The molecule has 124 valence electrons. The lowest BCUT2D eigenvalue weighted by Crippen LogP contribution is -2.07. The third-order valence-electron chi connectivity index (χ3n) is 3.51. The molecule has 0 unspecified atom stereocenters. The van der Waals surface area contributed by atoms with Crippen molar-refractivity contribution in [2.45, 2.75) is 13.5 Å². The molecule has 0 fully saturated rings. The van der Waals surface area contributed by atoms with Crippen LogP contribution in [0.5, 0.6) is 5.88 Å². The summed E-state index contributed by atoms with van der Waals surface area (Å²) in [6, 6.07) is 7.07. The van der Waals surface area contributed by atoms with Gasteiger partial charge in [-0.3, -0.25) is 9.67 Å². The fourth-order valence-corrected chi connectivity index (χ4v) is 2.22. The summed E-state index contributed by atoms with van der Waals surface area (Å²) in [5.74, 6) is 0.473. The maximum atomic E-state index is 11.6. The Morgan fingerprint density at radius 3 is 2.92 bits per heavy atom.